The Morgan fingerprint density at radius 2 is 2.12 bits per heavy atom. The Bertz CT molecular complexity index is 644. The molecule has 1 aromatic carbocycles. The third kappa shape index (κ3) is 1.67. The van der Waals surface area contributed by atoms with Gasteiger partial charge in [0.15, 0.2) is 5.78 Å². The molecule has 0 saturated heterocycles. The minimum absolute atomic E-state index is 0.0703. The van der Waals surface area contributed by atoms with Gasteiger partial charge in [-0.25, -0.2) is 4.39 Å². The predicted octanol–water partition coefficient (Wildman–Crippen LogP) is 2.99. The number of non-ortho nitro benzene ring substituents is 1. The van der Waals surface area contributed by atoms with Gasteiger partial charge in [0.05, 0.1) is 16.6 Å². The third-order valence-corrected chi connectivity index (χ3v) is 2.46. The van der Waals surface area contributed by atoms with Gasteiger partial charge in [0, 0.05) is 5.39 Å². The van der Waals surface area contributed by atoms with Crippen molar-refractivity contribution in [3.63, 3.8) is 0 Å². The minimum atomic E-state index is -0.771. The maximum Gasteiger partial charge on any atom is 0.315 e. The van der Waals surface area contributed by atoms with Crippen molar-refractivity contribution in [1.82, 2.24) is 0 Å². The second-order valence-electron chi connectivity index (χ2n) is 3.65. The first-order valence-electron chi connectivity index (χ1n) is 4.79. The van der Waals surface area contributed by atoms with Crippen LogP contribution < -0.4 is 0 Å². The molecule has 0 bridgehead atoms. The molecule has 0 saturated carbocycles. The molecular formula is C11H8FNO4. The molecule has 5 nitrogen and oxygen atoms in total. The van der Waals surface area contributed by atoms with E-state index in [4.69, 9.17) is 4.42 Å². The molecule has 0 fully saturated rings. The lowest BCUT2D eigenvalue weighted by Gasteiger charge is -1.95. The Hall–Kier alpha value is -2.24. The van der Waals surface area contributed by atoms with Crippen LogP contribution >= 0.6 is 0 Å². The topological polar surface area (TPSA) is 73.3 Å². The van der Waals surface area contributed by atoms with Gasteiger partial charge < -0.3 is 4.42 Å². The summed E-state index contributed by atoms with van der Waals surface area (Å²) in [5, 5.41) is 10.9. The van der Waals surface area contributed by atoms with Gasteiger partial charge in [0.1, 0.15) is 11.6 Å². The summed E-state index contributed by atoms with van der Waals surface area (Å²) in [6.07, 6.45) is 0. The van der Waals surface area contributed by atoms with E-state index < -0.39 is 16.4 Å². The number of ketones is 1. The van der Waals surface area contributed by atoms with Crippen molar-refractivity contribution in [2.45, 2.75) is 13.8 Å². The number of carbonyl (C=O) groups is 1. The average Bonchev–Trinajstić information content (AvgIpc) is 2.52. The van der Waals surface area contributed by atoms with Crippen LogP contribution in [-0.4, -0.2) is 10.7 Å². The lowest BCUT2D eigenvalue weighted by molar-refractivity contribution is -0.383. The van der Waals surface area contributed by atoms with Crippen molar-refractivity contribution in [3.05, 3.63) is 39.4 Å². The van der Waals surface area contributed by atoms with E-state index in [1.165, 1.54) is 13.8 Å². The molecule has 1 aromatic heterocycles. The molecular weight excluding hydrogens is 229 g/mol. The largest absolute Gasteiger partial charge is 0.453 e. The van der Waals surface area contributed by atoms with E-state index in [9.17, 15) is 19.3 Å². The van der Waals surface area contributed by atoms with Gasteiger partial charge in [-0.1, -0.05) is 0 Å². The van der Waals surface area contributed by atoms with Crippen LogP contribution in [0, 0.1) is 22.9 Å². The van der Waals surface area contributed by atoms with Crippen LogP contribution in [-0.2, 0) is 0 Å². The van der Waals surface area contributed by atoms with Gasteiger partial charge in [0.2, 0.25) is 5.58 Å². The molecule has 0 spiro atoms. The zero-order chi connectivity index (χ0) is 12.7. The van der Waals surface area contributed by atoms with E-state index in [1.807, 2.05) is 0 Å². The number of nitro benzene ring substituents is 1. The van der Waals surface area contributed by atoms with Crippen molar-refractivity contribution in [2.24, 2.45) is 0 Å². The standard InChI is InChI=1S/C11H8FNO4/c1-5(14)10-6(2)17-11-8(10)3-7(12)4-9(11)13(15)16/h3-4H,1-2H3. The molecule has 1 heterocycles. The zero-order valence-electron chi connectivity index (χ0n) is 9.11. The number of rotatable bonds is 2. The molecule has 2 aromatic rings. The first-order chi connectivity index (χ1) is 7.91. The fourth-order valence-electron chi connectivity index (χ4n) is 1.84. The maximum atomic E-state index is 13.3. The number of aryl methyl sites for hydroxylation is 1. The Labute approximate surface area is 95.0 Å². The fourth-order valence-corrected chi connectivity index (χ4v) is 1.84. The summed E-state index contributed by atoms with van der Waals surface area (Å²) in [6.45, 7) is 2.81. The third-order valence-electron chi connectivity index (χ3n) is 2.46. The molecule has 0 atom stereocenters. The molecule has 6 heteroatoms. The van der Waals surface area contributed by atoms with Crippen molar-refractivity contribution in [1.29, 1.82) is 0 Å². The number of benzene rings is 1. The number of Topliss-reactive ketones (excluding diaryl/α,β-unsaturated/α-hetero) is 1. The van der Waals surface area contributed by atoms with Gasteiger partial charge >= 0.3 is 5.69 Å². The summed E-state index contributed by atoms with van der Waals surface area (Å²) >= 11 is 0. The summed E-state index contributed by atoms with van der Waals surface area (Å²) < 4.78 is 18.4. The maximum absolute atomic E-state index is 13.3. The van der Waals surface area contributed by atoms with Crippen molar-refractivity contribution in [3.8, 4) is 0 Å². The number of furan rings is 1. The highest BCUT2D eigenvalue weighted by molar-refractivity contribution is 6.08. The molecule has 17 heavy (non-hydrogen) atoms. The molecule has 0 aliphatic rings. The smallest absolute Gasteiger partial charge is 0.315 e. The van der Waals surface area contributed by atoms with Gasteiger partial charge in [-0.3, -0.25) is 14.9 Å². The number of hydrogen-bond acceptors (Lipinski definition) is 4. The van der Waals surface area contributed by atoms with E-state index in [2.05, 4.69) is 0 Å². The molecule has 88 valence electrons. The van der Waals surface area contributed by atoms with Gasteiger partial charge in [-0.2, -0.15) is 0 Å². The highest BCUT2D eigenvalue weighted by Gasteiger charge is 2.23. The SMILES string of the molecule is CC(=O)c1c(C)oc2c([N+](=O)[O-])cc(F)cc12. The quantitative estimate of drug-likeness (QED) is 0.457. The van der Waals surface area contributed by atoms with Crippen molar-refractivity contribution >= 4 is 22.4 Å². The van der Waals surface area contributed by atoms with Crippen molar-refractivity contribution < 1.29 is 18.5 Å². The van der Waals surface area contributed by atoms with Crippen LogP contribution in [0.15, 0.2) is 16.5 Å². The number of halogens is 1. The van der Waals surface area contributed by atoms with E-state index in [0.29, 0.717) is 0 Å². The Balaban J connectivity index is 2.94. The van der Waals surface area contributed by atoms with Gasteiger partial charge in [-0.05, 0) is 19.9 Å². The second kappa shape index (κ2) is 3.65. The fraction of sp³-hybridized carbons (Fsp3) is 0.182. The van der Waals surface area contributed by atoms with Crippen molar-refractivity contribution in [2.75, 3.05) is 0 Å². The van der Waals surface area contributed by atoms with Crippen LogP contribution in [0.5, 0.6) is 0 Å². The van der Waals surface area contributed by atoms with Crippen LogP contribution in [0.1, 0.15) is 23.0 Å². The summed E-state index contributed by atoms with van der Waals surface area (Å²) in [5.41, 5.74) is -0.364. The van der Waals surface area contributed by atoms with Gasteiger partial charge in [-0.15, -0.1) is 0 Å². The van der Waals surface area contributed by atoms with Gasteiger partial charge in [0.25, 0.3) is 0 Å². The Morgan fingerprint density at radius 3 is 2.65 bits per heavy atom. The summed E-state index contributed by atoms with van der Waals surface area (Å²) in [4.78, 5) is 21.4. The zero-order valence-corrected chi connectivity index (χ0v) is 9.11. The van der Waals surface area contributed by atoms with E-state index in [0.717, 1.165) is 12.1 Å². The lowest BCUT2D eigenvalue weighted by Crippen LogP contribution is -1.94. The Morgan fingerprint density at radius 1 is 1.47 bits per heavy atom. The summed E-state index contributed by atoms with van der Waals surface area (Å²) in [6, 6.07) is 1.84. The first-order valence-corrected chi connectivity index (χ1v) is 4.79. The summed E-state index contributed by atoms with van der Waals surface area (Å²) in [7, 11) is 0. The highest BCUT2D eigenvalue weighted by Crippen LogP contribution is 2.33. The second-order valence-corrected chi connectivity index (χ2v) is 3.65. The molecule has 0 radical (unpaired) electrons. The number of nitro groups is 1. The predicted molar refractivity (Wildman–Crippen MR) is 57.6 cm³/mol. The normalized spacial score (nSPS) is 10.8. The number of fused-ring (bicyclic) bond motifs is 1. The molecule has 2 rings (SSSR count). The summed E-state index contributed by atoms with van der Waals surface area (Å²) in [5.74, 6) is -0.838. The Kier molecular flexibility index (Phi) is 2.42. The van der Waals surface area contributed by atoms with Crippen LogP contribution in [0.4, 0.5) is 10.1 Å². The number of carbonyl (C=O) groups excluding carboxylic acids is 1. The monoisotopic (exact) mass is 237 g/mol. The molecule has 0 N–H and O–H groups in total. The first kappa shape index (κ1) is 11.3. The van der Waals surface area contributed by atoms with Crippen LogP contribution in [0.3, 0.4) is 0 Å². The van der Waals surface area contributed by atoms with Crippen LogP contribution in [0.2, 0.25) is 0 Å². The van der Waals surface area contributed by atoms with E-state index in [-0.39, 0.29) is 28.1 Å². The average molecular weight is 237 g/mol. The molecule has 0 aliphatic carbocycles. The number of hydrogen-bond donors (Lipinski definition) is 0. The molecule has 0 unspecified atom stereocenters. The molecule has 0 aliphatic heterocycles. The van der Waals surface area contributed by atoms with E-state index in [1.54, 1.807) is 0 Å². The minimum Gasteiger partial charge on any atom is -0.453 e. The lowest BCUT2D eigenvalue weighted by atomic mass is 10.1. The highest BCUT2D eigenvalue weighted by atomic mass is 19.1. The number of nitrogens with zero attached hydrogens (tertiary/aromatic N) is 1. The van der Waals surface area contributed by atoms with E-state index >= 15 is 0 Å². The van der Waals surface area contributed by atoms with Crippen LogP contribution in [0.25, 0.3) is 11.0 Å². The molecule has 0 amide bonds.